The molecule has 1 N–H and O–H groups in total. The second-order valence-electron chi connectivity index (χ2n) is 5.12. The van der Waals surface area contributed by atoms with Gasteiger partial charge in [0.05, 0.1) is 0 Å². The molecule has 1 atom stereocenters. The van der Waals surface area contributed by atoms with E-state index in [2.05, 4.69) is 6.26 Å². The van der Waals surface area contributed by atoms with E-state index in [0.717, 1.165) is 13.1 Å². The summed E-state index contributed by atoms with van der Waals surface area (Å²) < 4.78 is 0.306. The van der Waals surface area contributed by atoms with Crippen LogP contribution in [0.15, 0.2) is 0 Å². The third kappa shape index (κ3) is 2.38. The Hall–Kier alpha value is -0.220. The maximum absolute atomic E-state index is 11.8. The van der Waals surface area contributed by atoms with Crippen LogP contribution in [0.2, 0.25) is 0 Å². The summed E-state index contributed by atoms with van der Waals surface area (Å²) >= 11 is 1.92. The lowest BCUT2D eigenvalue weighted by Gasteiger charge is -2.32. The van der Waals surface area contributed by atoms with Crippen LogP contribution in [0.5, 0.6) is 0 Å². The van der Waals surface area contributed by atoms with Gasteiger partial charge in [-0.05, 0) is 19.1 Å². The summed E-state index contributed by atoms with van der Waals surface area (Å²) in [5, 5.41) is 9.10. The van der Waals surface area contributed by atoms with E-state index in [0.29, 0.717) is 11.2 Å². The molecule has 1 saturated heterocycles. The van der Waals surface area contributed by atoms with Gasteiger partial charge in [0.1, 0.15) is 0 Å². The predicted molar refractivity (Wildman–Crippen MR) is 66.5 cm³/mol. The van der Waals surface area contributed by atoms with Gasteiger partial charge in [0, 0.05) is 36.8 Å². The molecule has 0 aromatic heterocycles. The quantitative estimate of drug-likeness (QED) is 0.813. The molecule has 0 radical (unpaired) electrons. The molecule has 0 spiro atoms. The highest BCUT2D eigenvalue weighted by Crippen LogP contribution is 2.41. The monoisotopic (exact) mass is 243 g/mol. The Morgan fingerprint density at radius 3 is 2.69 bits per heavy atom. The molecule has 1 amide bonds. The van der Waals surface area contributed by atoms with Gasteiger partial charge in [-0.15, -0.1) is 0 Å². The summed E-state index contributed by atoms with van der Waals surface area (Å²) in [6, 6.07) is 0. The van der Waals surface area contributed by atoms with Crippen molar-refractivity contribution in [1.82, 2.24) is 4.90 Å². The Kier molecular flexibility index (Phi) is 3.80. The molecular formula is C12H21NO2S. The van der Waals surface area contributed by atoms with Crippen molar-refractivity contribution in [3.63, 3.8) is 0 Å². The van der Waals surface area contributed by atoms with E-state index in [-0.39, 0.29) is 18.4 Å². The highest BCUT2D eigenvalue weighted by atomic mass is 32.2. The standard InChI is InChI=1S/C12H21NO2S/c1-16-12(4-2-3-5-12)9-13-7-10(8-14)6-11(13)15/h10,14H,2-9H2,1H3. The van der Waals surface area contributed by atoms with Crippen molar-refractivity contribution >= 4 is 17.7 Å². The molecule has 1 unspecified atom stereocenters. The number of likely N-dealkylation sites (tertiary alicyclic amines) is 1. The van der Waals surface area contributed by atoms with Crippen LogP contribution in [-0.4, -0.2) is 46.6 Å². The minimum Gasteiger partial charge on any atom is -0.396 e. The molecule has 16 heavy (non-hydrogen) atoms. The minimum absolute atomic E-state index is 0.147. The fourth-order valence-electron chi connectivity index (χ4n) is 2.92. The Morgan fingerprint density at radius 2 is 2.19 bits per heavy atom. The fraction of sp³-hybridized carbons (Fsp3) is 0.917. The second-order valence-corrected chi connectivity index (χ2v) is 6.40. The predicted octanol–water partition coefficient (Wildman–Crippen LogP) is 1.50. The molecule has 0 aromatic carbocycles. The summed E-state index contributed by atoms with van der Waals surface area (Å²) in [6.45, 7) is 1.80. The smallest absolute Gasteiger partial charge is 0.223 e. The first-order chi connectivity index (χ1) is 7.69. The van der Waals surface area contributed by atoms with Gasteiger partial charge in [-0.1, -0.05) is 12.8 Å². The van der Waals surface area contributed by atoms with Crippen molar-refractivity contribution in [3.8, 4) is 0 Å². The van der Waals surface area contributed by atoms with E-state index in [1.807, 2.05) is 16.7 Å². The maximum Gasteiger partial charge on any atom is 0.223 e. The number of hydrogen-bond acceptors (Lipinski definition) is 3. The zero-order valence-electron chi connectivity index (χ0n) is 9.95. The highest BCUT2D eigenvalue weighted by molar-refractivity contribution is 8.00. The van der Waals surface area contributed by atoms with E-state index in [1.54, 1.807) is 0 Å². The van der Waals surface area contributed by atoms with E-state index in [4.69, 9.17) is 5.11 Å². The van der Waals surface area contributed by atoms with Crippen LogP contribution in [0.3, 0.4) is 0 Å². The zero-order valence-corrected chi connectivity index (χ0v) is 10.8. The van der Waals surface area contributed by atoms with Crippen molar-refractivity contribution < 1.29 is 9.90 Å². The lowest BCUT2D eigenvalue weighted by Crippen LogP contribution is -2.39. The van der Waals surface area contributed by atoms with Crippen LogP contribution >= 0.6 is 11.8 Å². The lowest BCUT2D eigenvalue weighted by atomic mass is 10.1. The first-order valence-electron chi connectivity index (χ1n) is 6.13. The summed E-state index contributed by atoms with van der Waals surface area (Å²) in [5.74, 6) is 0.409. The number of rotatable bonds is 4. The highest BCUT2D eigenvalue weighted by Gasteiger charge is 2.39. The van der Waals surface area contributed by atoms with Gasteiger partial charge in [-0.2, -0.15) is 11.8 Å². The average molecular weight is 243 g/mol. The van der Waals surface area contributed by atoms with Crippen molar-refractivity contribution in [2.75, 3.05) is 26.0 Å². The molecule has 0 aromatic rings. The molecule has 1 aliphatic carbocycles. The van der Waals surface area contributed by atoms with Gasteiger partial charge < -0.3 is 10.0 Å². The minimum atomic E-state index is 0.147. The summed E-state index contributed by atoms with van der Waals surface area (Å²) in [7, 11) is 0. The second kappa shape index (κ2) is 4.96. The van der Waals surface area contributed by atoms with Gasteiger partial charge in [-0.3, -0.25) is 4.79 Å². The van der Waals surface area contributed by atoms with Crippen molar-refractivity contribution in [2.45, 2.75) is 36.9 Å². The molecular weight excluding hydrogens is 222 g/mol. The molecule has 4 heteroatoms. The van der Waals surface area contributed by atoms with Crippen LogP contribution in [0, 0.1) is 5.92 Å². The fourth-order valence-corrected chi connectivity index (χ4v) is 3.90. The molecule has 92 valence electrons. The number of amides is 1. The van der Waals surface area contributed by atoms with Gasteiger partial charge in [0.15, 0.2) is 0 Å². The van der Waals surface area contributed by atoms with Crippen LogP contribution in [0.4, 0.5) is 0 Å². The molecule has 1 heterocycles. The van der Waals surface area contributed by atoms with Gasteiger partial charge in [0.2, 0.25) is 5.91 Å². The number of aliphatic hydroxyl groups is 1. The molecule has 0 bridgehead atoms. The van der Waals surface area contributed by atoms with Crippen molar-refractivity contribution in [3.05, 3.63) is 0 Å². The van der Waals surface area contributed by atoms with Crippen LogP contribution in [-0.2, 0) is 4.79 Å². The Morgan fingerprint density at radius 1 is 1.50 bits per heavy atom. The molecule has 2 rings (SSSR count). The normalized spacial score (nSPS) is 29.0. The summed E-state index contributed by atoms with van der Waals surface area (Å²) in [4.78, 5) is 13.8. The Labute approximate surface area is 102 Å². The Balaban J connectivity index is 1.96. The maximum atomic E-state index is 11.8. The molecule has 3 nitrogen and oxygen atoms in total. The third-order valence-electron chi connectivity index (χ3n) is 3.98. The first kappa shape index (κ1) is 12.2. The van der Waals surface area contributed by atoms with Crippen LogP contribution < -0.4 is 0 Å². The number of carbonyl (C=O) groups excluding carboxylic acids is 1. The average Bonchev–Trinajstić information content (AvgIpc) is 2.88. The summed E-state index contributed by atoms with van der Waals surface area (Å²) in [6.07, 6.45) is 7.78. The molecule has 1 aliphatic heterocycles. The largest absolute Gasteiger partial charge is 0.396 e. The number of nitrogens with zero attached hydrogens (tertiary/aromatic N) is 1. The number of hydrogen-bond donors (Lipinski definition) is 1. The zero-order chi connectivity index (χ0) is 11.6. The van der Waals surface area contributed by atoms with E-state index in [9.17, 15) is 4.79 Å². The van der Waals surface area contributed by atoms with Gasteiger partial charge >= 0.3 is 0 Å². The first-order valence-corrected chi connectivity index (χ1v) is 7.35. The van der Waals surface area contributed by atoms with Gasteiger partial charge in [0.25, 0.3) is 0 Å². The van der Waals surface area contributed by atoms with Crippen LogP contribution in [0.25, 0.3) is 0 Å². The molecule has 1 saturated carbocycles. The third-order valence-corrected chi connectivity index (χ3v) is 5.38. The topological polar surface area (TPSA) is 40.5 Å². The van der Waals surface area contributed by atoms with E-state index < -0.39 is 0 Å². The Bertz CT molecular complexity index is 264. The number of thioether (sulfide) groups is 1. The lowest BCUT2D eigenvalue weighted by molar-refractivity contribution is -0.128. The SMILES string of the molecule is CSC1(CN2CC(CO)CC2=O)CCCC1. The van der Waals surface area contributed by atoms with E-state index in [1.165, 1.54) is 25.7 Å². The van der Waals surface area contributed by atoms with Crippen molar-refractivity contribution in [2.24, 2.45) is 5.92 Å². The van der Waals surface area contributed by atoms with Crippen molar-refractivity contribution in [1.29, 1.82) is 0 Å². The summed E-state index contributed by atoms with van der Waals surface area (Å²) in [5.41, 5.74) is 0. The number of aliphatic hydroxyl groups excluding tert-OH is 1. The van der Waals surface area contributed by atoms with Crippen LogP contribution in [0.1, 0.15) is 32.1 Å². The molecule has 2 fully saturated rings. The molecule has 2 aliphatic rings. The number of carbonyl (C=O) groups is 1. The van der Waals surface area contributed by atoms with Gasteiger partial charge in [-0.25, -0.2) is 0 Å². The van der Waals surface area contributed by atoms with E-state index >= 15 is 0 Å².